The molecular weight excluding hydrogens is 254 g/mol. The molecule has 1 aromatic heterocycles. The number of aryl methyl sites for hydroxylation is 2. The Morgan fingerprint density at radius 1 is 1.53 bits per heavy atom. The highest BCUT2D eigenvalue weighted by molar-refractivity contribution is 5.84. The van der Waals surface area contributed by atoms with E-state index in [1.807, 2.05) is 0 Å². The van der Waals surface area contributed by atoms with E-state index in [4.69, 9.17) is 0 Å². The van der Waals surface area contributed by atoms with E-state index in [2.05, 4.69) is 9.84 Å². The first-order valence-electron chi connectivity index (χ1n) is 5.61. The molecule has 0 radical (unpaired) electrons. The Hall–Kier alpha value is -2.25. The number of hydrogen-bond donors (Lipinski definition) is 0. The van der Waals surface area contributed by atoms with Crippen molar-refractivity contribution in [2.45, 2.75) is 20.3 Å². The summed E-state index contributed by atoms with van der Waals surface area (Å²) in [6, 6.07) is 1.71. The Balaban J connectivity index is 2.84. The Kier molecular flexibility index (Phi) is 4.74. The van der Waals surface area contributed by atoms with E-state index in [1.165, 1.54) is 0 Å². The third kappa shape index (κ3) is 3.87. The van der Waals surface area contributed by atoms with Crippen LogP contribution < -0.4 is 0 Å². The van der Waals surface area contributed by atoms with E-state index in [-0.39, 0.29) is 6.42 Å². The van der Waals surface area contributed by atoms with Crippen LogP contribution in [0.4, 0.5) is 0 Å². The second-order valence-electron chi connectivity index (χ2n) is 4.17. The summed E-state index contributed by atoms with van der Waals surface area (Å²) in [4.78, 5) is 33.2. The van der Waals surface area contributed by atoms with Crippen LogP contribution in [0.15, 0.2) is 6.07 Å². The van der Waals surface area contributed by atoms with Crippen LogP contribution >= 0.6 is 0 Å². The van der Waals surface area contributed by atoms with Gasteiger partial charge in [-0.2, -0.15) is 5.10 Å². The highest BCUT2D eigenvalue weighted by Gasteiger charge is 2.29. The van der Waals surface area contributed by atoms with Crippen LogP contribution in [0.1, 0.15) is 22.6 Å². The second-order valence-corrected chi connectivity index (χ2v) is 4.17. The minimum atomic E-state index is -1.10. The number of carbonyl (C=O) groups is 2. The molecule has 1 rings (SSSR count). The first kappa shape index (κ1) is 14.8. The second kappa shape index (κ2) is 6.07. The van der Waals surface area contributed by atoms with Gasteiger partial charge in [0.05, 0.1) is 12.8 Å². The summed E-state index contributed by atoms with van der Waals surface area (Å²) in [5, 5.41) is 14.5. The topological polar surface area (TPSA) is 104 Å². The Labute approximate surface area is 109 Å². The van der Waals surface area contributed by atoms with Gasteiger partial charge in [-0.15, -0.1) is 0 Å². The van der Waals surface area contributed by atoms with E-state index >= 15 is 0 Å². The van der Waals surface area contributed by atoms with Gasteiger partial charge < -0.3 is 4.74 Å². The molecule has 0 N–H and O–H groups in total. The average Bonchev–Trinajstić information content (AvgIpc) is 2.66. The minimum Gasteiger partial charge on any atom is -0.469 e. The molecule has 0 aromatic carbocycles. The van der Waals surface area contributed by atoms with Crippen LogP contribution in [-0.4, -0.2) is 40.2 Å². The molecule has 0 bridgehead atoms. The van der Waals surface area contributed by atoms with Crippen LogP contribution in [0.2, 0.25) is 0 Å². The minimum absolute atomic E-state index is 0.310. The van der Waals surface area contributed by atoms with Gasteiger partial charge in [0.1, 0.15) is 5.92 Å². The quantitative estimate of drug-likeness (QED) is 0.440. The van der Waals surface area contributed by atoms with Crippen molar-refractivity contribution in [1.82, 2.24) is 9.78 Å². The maximum absolute atomic E-state index is 12.0. The number of methoxy groups -OCH3 is 1. The van der Waals surface area contributed by atoms with E-state index in [1.54, 1.807) is 19.9 Å². The fourth-order valence-corrected chi connectivity index (χ4v) is 1.75. The van der Waals surface area contributed by atoms with Crippen molar-refractivity contribution in [3.63, 3.8) is 0 Å². The van der Waals surface area contributed by atoms with Crippen molar-refractivity contribution >= 4 is 11.9 Å². The number of aromatic nitrogens is 2. The third-order valence-corrected chi connectivity index (χ3v) is 2.57. The molecule has 19 heavy (non-hydrogen) atoms. The molecule has 0 spiro atoms. The van der Waals surface area contributed by atoms with E-state index in [9.17, 15) is 19.7 Å². The molecule has 8 heteroatoms. The van der Waals surface area contributed by atoms with Crippen LogP contribution in [0.25, 0.3) is 0 Å². The molecule has 0 amide bonds. The summed E-state index contributed by atoms with van der Waals surface area (Å²) >= 11 is 0. The lowest BCUT2D eigenvalue weighted by atomic mass is 10.1. The molecule has 104 valence electrons. The normalized spacial score (nSPS) is 11.9. The molecule has 8 nitrogen and oxygen atoms in total. The first-order valence-corrected chi connectivity index (χ1v) is 5.61. The number of rotatable bonds is 5. The van der Waals surface area contributed by atoms with E-state index in [0.717, 1.165) is 11.8 Å². The standard InChI is InChI=1S/C11H15N3O5/c1-7-4-8(2)14(12-7)10(15)5-9(6-13(17)18)11(16)19-3/h4,9H,5-6H2,1-3H3. The van der Waals surface area contributed by atoms with Crippen LogP contribution in [0.3, 0.4) is 0 Å². The number of nitrogens with zero attached hydrogens (tertiary/aromatic N) is 3. The van der Waals surface area contributed by atoms with Gasteiger partial charge in [0.15, 0.2) is 0 Å². The average molecular weight is 269 g/mol. The van der Waals surface area contributed by atoms with E-state index < -0.39 is 29.3 Å². The SMILES string of the molecule is COC(=O)C(CC(=O)n1nc(C)cc1C)C[N+](=O)[O-]. The number of ether oxygens (including phenoxy) is 1. The highest BCUT2D eigenvalue weighted by atomic mass is 16.6. The largest absolute Gasteiger partial charge is 0.469 e. The van der Waals surface area contributed by atoms with Crippen LogP contribution in [0.5, 0.6) is 0 Å². The zero-order valence-corrected chi connectivity index (χ0v) is 11.0. The number of carbonyl (C=O) groups excluding carboxylic acids is 2. The van der Waals surface area contributed by atoms with Gasteiger partial charge in [0.25, 0.3) is 0 Å². The van der Waals surface area contributed by atoms with Gasteiger partial charge in [-0.1, -0.05) is 0 Å². The molecule has 0 saturated carbocycles. The summed E-state index contributed by atoms with van der Waals surface area (Å²) in [5.74, 6) is -2.34. The van der Waals surface area contributed by atoms with E-state index in [0.29, 0.717) is 11.4 Å². The lowest BCUT2D eigenvalue weighted by Gasteiger charge is -2.10. The van der Waals surface area contributed by atoms with Crippen molar-refractivity contribution in [3.05, 3.63) is 27.6 Å². The predicted molar refractivity (Wildman–Crippen MR) is 64.3 cm³/mol. The summed E-state index contributed by atoms with van der Waals surface area (Å²) in [6.07, 6.45) is -0.310. The predicted octanol–water partition coefficient (Wildman–Crippen LogP) is 0.596. The van der Waals surface area contributed by atoms with Crippen molar-refractivity contribution < 1.29 is 19.2 Å². The van der Waals surface area contributed by atoms with Gasteiger partial charge >= 0.3 is 5.97 Å². The fraction of sp³-hybridized carbons (Fsp3) is 0.545. The van der Waals surface area contributed by atoms with Crippen LogP contribution in [0, 0.1) is 29.9 Å². The van der Waals surface area contributed by atoms with Gasteiger partial charge in [0, 0.05) is 17.0 Å². The molecule has 1 heterocycles. The summed E-state index contributed by atoms with van der Waals surface area (Å²) in [5.41, 5.74) is 1.28. The van der Waals surface area contributed by atoms with Gasteiger partial charge in [-0.05, 0) is 19.9 Å². The number of nitro groups is 1. The maximum atomic E-state index is 12.0. The molecule has 1 atom stereocenters. The Morgan fingerprint density at radius 2 is 2.16 bits per heavy atom. The molecule has 1 unspecified atom stereocenters. The summed E-state index contributed by atoms with van der Waals surface area (Å²) in [6.45, 7) is 2.78. The van der Waals surface area contributed by atoms with Crippen molar-refractivity contribution in [1.29, 1.82) is 0 Å². The Morgan fingerprint density at radius 3 is 2.58 bits per heavy atom. The molecule has 1 aromatic rings. The molecule has 0 fully saturated rings. The highest BCUT2D eigenvalue weighted by Crippen LogP contribution is 2.10. The van der Waals surface area contributed by atoms with Crippen molar-refractivity contribution in [2.75, 3.05) is 13.7 Å². The van der Waals surface area contributed by atoms with Gasteiger partial charge in [0.2, 0.25) is 12.5 Å². The van der Waals surface area contributed by atoms with Gasteiger partial charge in [-0.3, -0.25) is 19.7 Å². The molecule has 0 aliphatic carbocycles. The Bertz CT molecular complexity index is 508. The fourth-order valence-electron chi connectivity index (χ4n) is 1.75. The molecular formula is C11H15N3O5. The van der Waals surface area contributed by atoms with Crippen molar-refractivity contribution in [2.24, 2.45) is 5.92 Å². The maximum Gasteiger partial charge on any atom is 0.315 e. The number of esters is 1. The lowest BCUT2D eigenvalue weighted by Crippen LogP contribution is -2.29. The first-order chi connectivity index (χ1) is 8.85. The van der Waals surface area contributed by atoms with Crippen molar-refractivity contribution in [3.8, 4) is 0 Å². The molecule has 0 saturated heterocycles. The number of hydrogen-bond acceptors (Lipinski definition) is 6. The monoisotopic (exact) mass is 269 g/mol. The van der Waals surface area contributed by atoms with Gasteiger partial charge in [-0.25, -0.2) is 4.68 Å². The van der Waals surface area contributed by atoms with Crippen LogP contribution in [-0.2, 0) is 9.53 Å². The molecule has 0 aliphatic rings. The third-order valence-electron chi connectivity index (χ3n) is 2.57. The summed E-state index contributed by atoms with van der Waals surface area (Å²) in [7, 11) is 1.13. The summed E-state index contributed by atoms with van der Waals surface area (Å²) < 4.78 is 5.60. The smallest absolute Gasteiger partial charge is 0.315 e. The zero-order valence-electron chi connectivity index (χ0n) is 11.0. The molecule has 0 aliphatic heterocycles. The zero-order chi connectivity index (χ0) is 14.6. The lowest BCUT2D eigenvalue weighted by molar-refractivity contribution is -0.485.